The van der Waals surface area contributed by atoms with Crippen LogP contribution in [0.25, 0.3) is 90.9 Å². The number of fused-ring (bicyclic) bond motifs is 8. The molecular weight excluding hydrogens is 736 g/mol. The van der Waals surface area contributed by atoms with Crippen LogP contribution < -0.4 is 0 Å². The van der Waals surface area contributed by atoms with Crippen molar-refractivity contribution in [3.05, 3.63) is 166 Å². The molecule has 2 aliphatic heterocycles. The second-order valence-corrected chi connectivity index (χ2v) is 13.4. The fourth-order valence-electron chi connectivity index (χ4n) is 7.35. The zero-order valence-electron chi connectivity index (χ0n) is 30.4. The summed E-state index contributed by atoms with van der Waals surface area (Å²) in [6, 6.07) is 40.3. The molecule has 3 aromatic heterocycles. The second kappa shape index (κ2) is 15.2. The van der Waals surface area contributed by atoms with Crippen molar-refractivity contribution in [1.29, 1.82) is 0 Å². The van der Waals surface area contributed by atoms with E-state index in [1.807, 2.05) is 97.1 Å². The maximum atomic E-state index is 5.76. The molecule has 8 bridgehead atoms. The van der Waals surface area contributed by atoms with Gasteiger partial charge in [-0.1, -0.05) is 72.2 Å². The molecule has 4 aromatic carbocycles. The van der Waals surface area contributed by atoms with Crippen LogP contribution in [0.15, 0.2) is 121 Å². The van der Waals surface area contributed by atoms with Crippen LogP contribution in [0.2, 0.25) is 0 Å². The molecular formula is C52H30MnN4. The van der Waals surface area contributed by atoms with E-state index in [1.54, 1.807) is 0 Å². The maximum Gasteiger partial charge on any atom is 0.0737 e. The Morgan fingerprint density at radius 2 is 0.526 bits per heavy atom. The predicted molar refractivity (Wildman–Crippen MR) is 232 cm³/mol. The van der Waals surface area contributed by atoms with Crippen molar-refractivity contribution in [2.45, 2.75) is 0 Å². The third kappa shape index (κ3) is 6.68. The molecule has 4 nitrogen and oxygen atoms in total. The van der Waals surface area contributed by atoms with Crippen LogP contribution in [0.1, 0.15) is 45.0 Å². The Morgan fingerprint density at radius 1 is 0.316 bits per heavy atom. The topological polar surface area (TPSA) is 57.4 Å². The van der Waals surface area contributed by atoms with Crippen molar-refractivity contribution in [1.82, 2.24) is 19.9 Å². The summed E-state index contributed by atoms with van der Waals surface area (Å²) in [6.45, 7) is 0. The normalized spacial score (nSPS) is 11.2. The van der Waals surface area contributed by atoms with Crippen LogP contribution >= 0.6 is 0 Å². The molecule has 2 N–H and O–H groups in total. The first-order valence-electron chi connectivity index (χ1n) is 18.0. The van der Waals surface area contributed by atoms with Gasteiger partial charge in [0, 0.05) is 83.6 Å². The van der Waals surface area contributed by atoms with Gasteiger partial charge in [0.1, 0.15) is 0 Å². The second-order valence-electron chi connectivity index (χ2n) is 13.4. The molecule has 57 heavy (non-hydrogen) atoms. The van der Waals surface area contributed by atoms with Gasteiger partial charge in [-0.15, -0.1) is 25.7 Å². The zero-order valence-corrected chi connectivity index (χ0v) is 31.6. The number of hydrogen-bond donors (Lipinski definition) is 2. The molecule has 9 rings (SSSR count). The van der Waals surface area contributed by atoms with Gasteiger partial charge in [0.2, 0.25) is 0 Å². The molecule has 0 fully saturated rings. The van der Waals surface area contributed by atoms with E-state index in [0.717, 1.165) is 112 Å². The first-order chi connectivity index (χ1) is 27.5. The first kappa shape index (κ1) is 36.2. The van der Waals surface area contributed by atoms with Gasteiger partial charge >= 0.3 is 0 Å². The molecule has 0 unspecified atom stereocenters. The Hall–Kier alpha value is -7.76. The van der Waals surface area contributed by atoms with Gasteiger partial charge in [-0.3, -0.25) is 0 Å². The third-order valence-corrected chi connectivity index (χ3v) is 10.1. The van der Waals surface area contributed by atoms with E-state index in [-0.39, 0.29) is 17.1 Å². The molecule has 0 saturated heterocycles. The van der Waals surface area contributed by atoms with Crippen molar-refractivity contribution >= 4 is 46.4 Å². The van der Waals surface area contributed by atoms with Crippen LogP contribution in [0, 0.1) is 49.4 Å². The first-order valence-corrected chi connectivity index (χ1v) is 18.0. The third-order valence-electron chi connectivity index (χ3n) is 10.1. The predicted octanol–water partition coefficient (Wildman–Crippen LogP) is 11.2. The summed E-state index contributed by atoms with van der Waals surface area (Å²) in [7, 11) is 0. The van der Waals surface area contributed by atoms with Gasteiger partial charge in [0.25, 0.3) is 0 Å². The minimum atomic E-state index is 0. The van der Waals surface area contributed by atoms with E-state index in [4.69, 9.17) is 35.7 Å². The molecule has 5 heterocycles. The maximum absolute atomic E-state index is 5.76. The largest absolute Gasteiger partial charge is 0.354 e. The number of nitrogens with zero attached hydrogens (tertiary/aromatic N) is 2. The zero-order chi connectivity index (χ0) is 38.2. The standard InChI is InChI=1S/C52H30N4.Mn/c1-5-33-9-17-37(18-10-33)49-41-25-27-43(53-41)50(38-19-11-34(6-2)12-20-38)45-29-31-47(55-45)52(40-23-15-36(8-4)16-24-40)48-32-30-46(56-48)51(44-28-26-42(49)54-44)39-21-13-35(7-3)14-22-39;/h1-4,9-32,53,56H;. The summed E-state index contributed by atoms with van der Waals surface area (Å²) in [4.78, 5) is 18.2. The van der Waals surface area contributed by atoms with E-state index in [0.29, 0.717) is 0 Å². The number of rotatable bonds is 4. The minimum absolute atomic E-state index is 0. The van der Waals surface area contributed by atoms with Crippen LogP contribution in [0.4, 0.5) is 0 Å². The van der Waals surface area contributed by atoms with E-state index < -0.39 is 0 Å². The van der Waals surface area contributed by atoms with Gasteiger partial charge < -0.3 is 9.97 Å². The number of hydrogen-bond acceptors (Lipinski definition) is 2. The van der Waals surface area contributed by atoms with Crippen LogP contribution in [0.5, 0.6) is 0 Å². The average Bonchev–Trinajstić information content (AvgIpc) is 4.10. The van der Waals surface area contributed by atoms with Crippen molar-refractivity contribution < 1.29 is 17.1 Å². The smallest absolute Gasteiger partial charge is 0.0737 e. The van der Waals surface area contributed by atoms with E-state index in [9.17, 15) is 0 Å². The Bertz CT molecular complexity index is 2710. The quantitative estimate of drug-likeness (QED) is 0.138. The monoisotopic (exact) mass is 765 g/mol. The Kier molecular flexibility index (Phi) is 9.64. The molecule has 0 aliphatic carbocycles. The fourth-order valence-corrected chi connectivity index (χ4v) is 7.35. The van der Waals surface area contributed by atoms with Crippen molar-refractivity contribution in [3.8, 4) is 93.9 Å². The molecule has 0 atom stereocenters. The number of terminal acetylenes is 4. The SMILES string of the molecule is C#Cc1ccc(-c2c3nc(c(-c4ccc(C#C)cc4)c4ccc([nH]4)c(-c4ccc(C#C)cc4)c4nc(c(-c5ccc(C#C)cc5)c5ccc2[nH]5)C=C4)C=C3)cc1.[Mn]. The van der Waals surface area contributed by atoms with Gasteiger partial charge in [-0.05, 0) is 119 Å². The minimum Gasteiger partial charge on any atom is -0.354 e. The molecule has 2 aliphatic rings. The number of aromatic nitrogens is 4. The van der Waals surface area contributed by atoms with Crippen LogP contribution in [-0.4, -0.2) is 19.9 Å². The summed E-state index contributed by atoms with van der Waals surface area (Å²) in [5.74, 6) is 11.0. The van der Waals surface area contributed by atoms with Crippen molar-refractivity contribution in [3.63, 3.8) is 0 Å². The van der Waals surface area contributed by atoms with E-state index in [2.05, 4.69) is 82.2 Å². The molecule has 1 radical (unpaired) electrons. The van der Waals surface area contributed by atoms with Gasteiger partial charge in [-0.2, -0.15) is 0 Å². The molecule has 0 spiro atoms. The summed E-state index contributed by atoms with van der Waals surface area (Å²) in [5, 5.41) is 0. The Morgan fingerprint density at radius 3 is 0.719 bits per heavy atom. The van der Waals surface area contributed by atoms with Gasteiger partial charge in [-0.25, -0.2) is 9.97 Å². The molecule has 265 valence electrons. The van der Waals surface area contributed by atoms with Gasteiger partial charge in [0.15, 0.2) is 0 Å². The Labute approximate surface area is 342 Å². The van der Waals surface area contributed by atoms with Gasteiger partial charge in [0.05, 0.1) is 22.8 Å². The number of benzene rings is 4. The summed E-state index contributed by atoms with van der Waals surface area (Å²) in [5.41, 5.74) is 17.5. The van der Waals surface area contributed by atoms with Crippen molar-refractivity contribution in [2.24, 2.45) is 0 Å². The molecule has 7 aromatic rings. The molecule has 0 amide bonds. The number of aromatic amines is 2. The van der Waals surface area contributed by atoms with E-state index in [1.165, 1.54) is 0 Å². The number of H-pyrrole nitrogens is 2. The molecule has 0 saturated carbocycles. The van der Waals surface area contributed by atoms with E-state index >= 15 is 0 Å². The fraction of sp³-hybridized carbons (Fsp3) is 0. The summed E-state index contributed by atoms with van der Waals surface area (Å²) >= 11 is 0. The van der Waals surface area contributed by atoms with Crippen LogP contribution in [0.3, 0.4) is 0 Å². The Balaban J connectivity index is 0.00000455. The molecule has 5 heteroatoms. The summed E-state index contributed by atoms with van der Waals surface area (Å²) < 4.78 is 0. The number of nitrogens with one attached hydrogen (secondary N) is 2. The van der Waals surface area contributed by atoms with Crippen molar-refractivity contribution in [2.75, 3.05) is 0 Å². The average molecular weight is 766 g/mol. The van der Waals surface area contributed by atoms with Crippen LogP contribution in [-0.2, 0) is 17.1 Å². The summed E-state index contributed by atoms with van der Waals surface area (Å²) in [6.07, 6.45) is 31.3.